The van der Waals surface area contributed by atoms with E-state index in [0.717, 1.165) is 5.69 Å². The van der Waals surface area contributed by atoms with Crippen molar-refractivity contribution in [2.75, 3.05) is 17.7 Å². The molecular formula is C10H15NO3S. The average Bonchev–Trinajstić information content (AvgIpc) is 2.19. The number of rotatable bonds is 5. The molecule has 0 heterocycles. The number of sulfone groups is 1. The Hall–Kier alpha value is -1.07. The molecule has 0 aromatic heterocycles. The van der Waals surface area contributed by atoms with Gasteiger partial charge in [-0.2, -0.15) is 0 Å². The topological polar surface area (TPSA) is 66.4 Å². The maximum atomic E-state index is 11.5. The maximum Gasteiger partial charge on any atom is 0.173 e. The minimum atomic E-state index is -3.27. The lowest BCUT2D eigenvalue weighted by Crippen LogP contribution is -2.29. The van der Waals surface area contributed by atoms with E-state index in [9.17, 15) is 8.42 Å². The number of nitrogens with one attached hydrogen (secondary N) is 1. The number of hydrogen-bond acceptors (Lipinski definition) is 4. The molecule has 0 saturated carbocycles. The Morgan fingerprint density at radius 2 is 1.93 bits per heavy atom. The first-order valence-electron chi connectivity index (χ1n) is 4.70. The van der Waals surface area contributed by atoms with E-state index in [1.54, 1.807) is 19.1 Å². The number of aliphatic hydroxyl groups is 1. The van der Waals surface area contributed by atoms with Crippen LogP contribution in [0.2, 0.25) is 0 Å². The third-order valence-electron chi connectivity index (χ3n) is 2.06. The Labute approximate surface area is 89.9 Å². The molecule has 1 atom stereocenters. The summed E-state index contributed by atoms with van der Waals surface area (Å²) in [6, 6.07) is 9.11. The van der Waals surface area contributed by atoms with E-state index in [4.69, 9.17) is 5.11 Å². The fraction of sp³-hybridized carbons (Fsp3) is 0.400. The number of hydrogen-bond donors (Lipinski definition) is 2. The van der Waals surface area contributed by atoms with Gasteiger partial charge in [0.15, 0.2) is 9.84 Å². The van der Waals surface area contributed by atoms with Crippen LogP contribution in [0.3, 0.4) is 0 Å². The van der Waals surface area contributed by atoms with Crippen LogP contribution in [-0.4, -0.2) is 31.3 Å². The van der Waals surface area contributed by atoms with Crippen molar-refractivity contribution in [3.05, 3.63) is 30.3 Å². The molecule has 84 valence electrons. The standard InChI is InChI=1S/C10H15NO3S/c1-9(15(13,14)8-7-12)11-10-5-3-2-4-6-10/h2-6,9,11-12H,7-8H2,1H3. The van der Waals surface area contributed by atoms with Crippen LogP contribution in [0.1, 0.15) is 6.92 Å². The van der Waals surface area contributed by atoms with Crippen molar-refractivity contribution in [2.45, 2.75) is 12.3 Å². The summed E-state index contributed by atoms with van der Waals surface area (Å²) in [4.78, 5) is 0. The van der Waals surface area contributed by atoms with Crippen LogP contribution in [0.15, 0.2) is 30.3 Å². The van der Waals surface area contributed by atoms with Crippen molar-refractivity contribution in [3.8, 4) is 0 Å². The van der Waals surface area contributed by atoms with E-state index < -0.39 is 15.2 Å². The van der Waals surface area contributed by atoms with Gasteiger partial charge in [0.25, 0.3) is 0 Å². The molecule has 4 nitrogen and oxygen atoms in total. The Morgan fingerprint density at radius 3 is 2.47 bits per heavy atom. The van der Waals surface area contributed by atoms with Gasteiger partial charge < -0.3 is 10.4 Å². The molecule has 0 saturated heterocycles. The van der Waals surface area contributed by atoms with Gasteiger partial charge >= 0.3 is 0 Å². The lowest BCUT2D eigenvalue weighted by Gasteiger charge is -2.15. The lowest BCUT2D eigenvalue weighted by molar-refractivity contribution is 0.319. The SMILES string of the molecule is CC(Nc1ccccc1)S(=O)(=O)CCO. The highest BCUT2D eigenvalue weighted by Crippen LogP contribution is 2.10. The van der Waals surface area contributed by atoms with Crippen LogP contribution in [0.25, 0.3) is 0 Å². The zero-order valence-corrected chi connectivity index (χ0v) is 9.37. The Kier molecular flexibility index (Phi) is 4.11. The molecule has 0 aliphatic rings. The highest BCUT2D eigenvalue weighted by molar-refractivity contribution is 7.92. The molecule has 1 unspecified atom stereocenters. The molecule has 0 bridgehead atoms. The van der Waals surface area contributed by atoms with E-state index in [2.05, 4.69) is 5.32 Å². The van der Waals surface area contributed by atoms with E-state index in [-0.39, 0.29) is 12.4 Å². The van der Waals surface area contributed by atoms with Gasteiger partial charge in [-0.25, -0.2) is 8.42 Å². The number of anilines is 1. The summed E-state index contributed by atoms with van der Waals surface area (Å²) in [7, 11) is -3.27. The number of aliphatic hydroxyl groups excluding tert-OH is 1. The third-order valence-corrected chi connectivity index (χ3v) is 4.01. The van der Waals surface area contributed by atoms with Crippen molar-refractivity contribution in [1.29, 1.82) is 0 Å². The quantitative estimate of drug-likeness (QED) is 0.785. The first-order chi connectivity index (χ1) is 7.06. The Balaban J connectivity index is 2.68. The van der Waals surface area contributed by atoms with E-state index in [1.807, 2.05) is 18.2 Å². The third kappa shape index (κ3) is 3.53. The summed E-state index contributed by atoms with van der Waals surface area (Å²) in [5.41, 5.74) is 0.756. The molecule has 2 N–H and O–H groups in total. The van der Waals surface area contributed by atoms with Gasteiger partial charge in [0, 0.05) is 5.69 Å². The molecule has 0 spiro atoms. The summed E-state index contributed by atoms with van der Waals surface area (Å²) in [6.45, 7) is 1.22. The second kappa shape index (κ2) is 5.14. The molecule has 0 aliphatic heterocycles. The van der Waals surface area contributed by atoms with Gasteiger partial charge in [-0.05, 0) is 19.1 Å². The van der Waals surface area contributed by atoms with Crippen LogP contribution in [0.4, 0.5) is 5.69 Å². The van der Waals surface area contributed by atoms with Gasteiger partial charge in [-0.1, -0.05) is 18.2 Å². The zero-order valence-electron chi connectivity index (χ0n) is 8.55. The maximum absolute atomic E-state index is 11.5. The second-order valence-corrected chi connectivity index (χ2v) is 5.68. The Morgan fingerprint density at radius 1 is 1.33 bits per heavy atom. The minimum absolute atomic E-state index is 0.214. The van der Waals surface area contributed by atoms with Gasteiger partial charge in [0.1, 0.15) is 5.37 Å². The number of benzene rings is 1. The van der Waals surface area contributed by atoms with Crippen molar-refractivity contribution < 1.29 is 13.5 Å². The molecule has 1 rings (SSSR count). The van der Waals surface area contributed by atoms with Crippen LogP contribution >= 0.6 is 0 Å². The molecule has 0 amide bonds. The minimum Gasteiger partial charge on any atom is -0.395 e. The fourth-order valence-corrected chi connectivity index (χ4v) is 2.09. The molecule has 0 aliphatic carbocycles. The van der Waals surface area contributed by atoms with Crippen LogP contribution in [0.5, 0.6) is 0 Å². The summed E-state index contributed by atoms with van der Waals surface area (Å²) >= 11 is 0. The van der Waals surface area contributed by atoms with Gasteiger partial charge in [0.2, 0.25) is 0 Å². The summed E-state index contributed by atoms with van der Waals surface area (Å²) < 4.78 is 23.0. The molecule has 0 fully saturated rings. The van der Waals surface area contributed by atoms with E-state index in [1.165, 1.54) is 0 Å². The highest BCUT2D eigenvalue weighted by Gasteiger charge is 2.19. The van der Waals surface area contributed by atoms with Gasteiger partial charge in [0.05, 0.1) is 12.4 Å². The average molecular weight is 229 g/mol. The normalized spacial score (nSPS) is 13.5. The molecule has 15 heavy (non-hydrogen) atoms. The molecule has 1 aromatic carbocycles. The van der Waals surface area contributed by atoms with Crippen molar-refractivity contribution in [2.24, 2.45) is 0 Å². The second-order valence-electron chi connectivity index (χ2n) is 3.24. The first kappa shape index (κ1) is 12.0. The lowest BCUT2D eigenvalue weighted by atomic mass is 10.3. The van der Waals surface area contributed by atoms with Gasteiger partial charge in [-0.15, -0.1) is 0 Å². The summed E-state index contributed by atoms with van der Waals surface area (Å²) in [5.74, 6) is -0.214. The Bertz CT molecular complexity index is 388. The van der Waals surface area contributed by atoms with Crippen molar-refractivity contribution >= 4 is 15.5 Å². The molecule has 0 radical (unpaired) electrons. The van der Waals surface area contributed by atoms with Crippen molar-refractivity contribution in [1.82, 2.24) is 0 Å². The van der Waals surface area contributed by atoms with Crippen LogP contribution in [0, 0.1) is 0 Å². The fourth-order valence-electron chi connectivity index (χ4n) is 1.16. The van der Waals surface area contributed by atoms with Gasteiger partial charge in [-0.3, -0.25) is 0 Å². The molecule has 5 heteroatoms. The first-order valence-corrected chi connectivity index (χ1v) is 6.42. The van der Waals surface area contributed by atoms with Crippen molar-refractivity contribution in [3.63, 3.8) is 0 Å². The smallest absolute Gasteiger partial charge is 0.173 e. The van der Waals surface area contributed by atoms with Crippen LogP contribution < -0.4 is 5.32 Å². The van der Waals surface area contributed by atoms with E-state index in [0.29, 0.717) is 0 Å². The zero-order chi connectivity index (χ0) is 11.3. The number of para-hydroxylation sites is 1. The predicted octanol–water partition coefficient (Wildman–Crippen LogP) is 0.852. The summed E-state index contributed by atoms with van der Waals surface area (Å²) in [6.07, 6.45) is 0. The predicted molar refractivity (Wildman–Crippen MR) is 60.4 cm³/mol. The molecular weight excluding hydrogens is 214 g/mol. The summed E-state index contributed by atoms with van der Waals surface area (Å²) in [5, 5.41) is 10.8. The highest BCUT2D eigenvalue weighted by atomic mass is 32.2. The monoisotopic (exact) mass is 229 g/mol. The largest absolute Gasteiger partial charge is 0.395 e. The van der Waals surface area contributed by atoms with E-state index >= 15 is 0 Å². The molecule has 1 aromatic rings. The van der Waals surface area contributed by atoms with Crippen LogP contribution in [-0.2, 0) is 9.84 Å².